The van der Waals surface area contributed by atoms with E-state index in [9.17, 15) is 0 Å². The molecule has 0 amide bonds. The van der Waals surface area contributed by atoms with Gasteiger partial charge in [0.2, 0.25) is 0 Å². The highest BCUT2D eigenvalue weighted by molar-refractivity contribution is 4.98. The van der Waals surface area contributed by atoms with Crippen LogP contribution in [-0.4, -0.2) is 18.3 Å². The van der Waals surface area contributed by atoms with Gasteiger partial charge < -0.3 is 10.8 Å². The third-order valence-electron chi connectivity index (χ3n) is 2.48. The summed E-state index contributed by atoms with van der Waals surface area (Å²) in [6.07, 6.45) is 2.15. The predicted octanol–water partition coefficient (Wildman–Crippen LogP) is 0.744. The van der Waals surface area contributed by atoms with Crippen LogP contribution in [0.5, 0.6) is 0 Å². The van der Waals surface area contributed by atoms with E-state index in [2.05, 4.69) is 13.8 Å². The lowest BCUT2D eigenvalue weighted by molar-refractivity contribution is -0.0474. The van der Waals surface area contributed by atoms with Gasteiger partial charge in [-0.1, -0.05) is 13.8 Å². The summed E-state index contributed by atoms with van der Waals surface area (Å²) in [5.41, 5.74) is 6.03. The van der Waals surface area contributed by atoms with Crippen LogP contribution in [0.1, 0.15) is 26.7 Å². The highest BCUT2D eigenvalue weighted by Crippen LogP contribution is 2.52. The van der Waals surface area contributed by atoms with Crippen molar-refractivity contribution >= 4 is 0 Å². The Morgan fingerprint density at radius 3 is 2.00 bits per heavy atom. The second kappa shape index (κ2) is 2.21. The van der Waals surface area contributed by atoms with Crippen molar-refractivity contribution in [3.8, 4) is 0 Å². The molecular weight excluding hydrogens is 126 g/mol. The Kier molecular flexibility index (Phi) is 1.77. The zero-order chi connectivity index (χ0) is 7.83. The lowest BCUT2D eigenvalue weighted by atomic mass is 9.55. The average molecular weight is 143 g/mol. The minimum Gasteiger partial charge on any atom is -0.396 e. The van der Waals surface area contributed by atoms with E-state index in [1.807, 2.05) is 0 Å². The summed E-state index contributed by atoms with van der Waals surface area (Å²) in [6, 6.07) is 0. The topological polar surface area (TPSA) is 46.2 Å². The fourth-order valence-corrected chi connectivity index (χ4v) is 2.30. The van der Waals surface area contributed by atoms with Crippen molar-refractivity contribution in [2.45, 2.75) is 26.7 Å². The molecule has 0 aromatic rings. The molecule has 0 bridgehead atoms. The summed E-state index contributed by atoms with van der Waals surface area (Å²) in [4.78, 5) is 0. The molecule has 0 unspecified atom stereocenters. The SMILES string of the molecule is CC1(C)CC(CN)(CO)C1. The van der Waals surface area contributed by atoms with E-state index in [0.29, 0.717) is 12.0 Å². The summed E-state index contributed by atoms with van der Waals surface area (Å²) in [5, 5.41) is 8.99. The molecule has 0 aliphatic heterocycles. The Balaban J connectivity index is 2.46. The summed E-state index contributed by atoms with van der Waals surface area (Å²) in [6.45, 7) is 5.33. The zero-order valence-corrected chi connectivity index (χ0v) is 6.85. The van der Waals surface area contributed by atoms with Crippen molar-refractivity contribution in [3.63, 3.8) is 0 Å². The van der Waals surface area contributed by atoms with Crippen LogP contribution in [0.15, 0.2) is 0 Å². The molecule has 0 aromatic heterocycles. The minimum absolute atomic E-state index is 0.0729. The first-order chi connectivity index (χ1) is 4.54. The van der Waals surface area contributed by atoms with Crippen LogP contribution in [-0.2, 0) is 0 Å². The van der Waals surface area contributed by atoms with Gasteiger partial charge in [-0.25, -0.2) is 0 Å². The number of hydrogen-bond acceptors (Lipinski definition) is 2. The normalized spacial score (nSPS) is 27.6. The van der Waals surface area contributed by atoms with Crippen LogP contribution in [0, 0.1) is 10.8 Å². The summed E-state index contributed by atoms with van der Waals surface area (Å²) >= 11 is 0. The summed E-state index contributed by atoms with van der Waals surface area (Å²) in [7, 11) is 0. The van der Waals surface area contributed by atoms with E-state index in [-0.39, 0.29) is 12.0 Å². The third kappa shape index (κ3) is 1.18. The molecule has 0 atom stereocenters. The number of nitrogens with two attached hydrogens (primary N) is 1. The predicted molar refractivity (Wildman–Crippen MR) is 41.6 cm³/mol. The first-order valence-corrected chi connectivity index (χ1v) is 3.85. The molecule has 0 saturated heterocycles. The number of aliphatic hydroxyl groups excluding tert-OH is 1. The maximum Gasteiger partial charge on any atom is 0.0499 e. The Hall–Kier alpha value is -0.0800. The second-order valence-corrected chi connectivity index (χ2v) is 4.38. The van der Waals surface area contributed by atoms with Crippen molar-refractivity contribution in [2.75, 3.05) is 13.2 Å². The van der Waals surface area contributed by atoms with Crippen molar-refractivity contribution in [1.29, 1.82) is 0 Å². The molecule has 2 heteroatoms. The Labute approximate surface area is 62.4 Å². The van der Waals surface area contributed by atoms with Crippen LogP contribution < -0.4 is 5.73 Å². The van der Waals surface area contributed by atoms with Crippen molar-refractivity contribution in [1.82, 2.24) is 0 Å². The molecule has 1 aliphatic carbocycles. The van der Waals surface area contributed by atoms with Gasteiger partial charge in [0.25, 0.3) is 0 Å². The van der Waals surface area contributed by atoms with Crippen LogP contribution >= 0.6 is 0 Å². The van der Waals surface area contributed by atoms with Crippen molar-refractivity contribution in [3.05, 3.63) is 0 Å². The molecular formula is C8H17NO. The van der Waals surface area contributed by atoms with E-state index in [1.165, 1.54) is 0 Å². The monoisotopic (exact) mass is 143 g/mol. The van der Waals surface area contributed by atoms with E-state index >= 15 is 0 Å². The van der Waals surface area contributed by atoms with E-state index in [4.69, 9.17) is 10.8 Å². The maximum atomic E-state index is 8.99. The lowest BCUT2D eigenvalue weighted by Gasteiger charge is -2.52. The Morgan fingerprint density at radius 2 is 1.90 bits per heavy atom. The van der Waals surface area contributed by atoms with Gasteiger partial charge in [0.05, 0.1) is 0 Å². The van der Waals surface area contributed by atoms with Crippen molar-refractivity contribution < 1.29 is 5.11 Å². The smallest absolute Gasteiger partial charge is 0.0499 e. The van der Waals surface area contributed by atoms with Crippen LogP contribution in [0.25, 0.3) is 0 Å². The summed E-state index contributed by atoms with van der Waals surface area (Å²) < 4.78 is 0. The van der Waals surface area contributed by atoms with Gasteiger partial charge in [-0.2, -0.15) is 0 Å². The van der Waals surface area contributed by atoms with E-state index < -0.39 is 0 Å². The molecule has 3 N–H and O–H groups in total. The van der Waals surface area contributed by atoms with Gasteiger partial charge in [-0.3, -0.25) is 0 Å². The van der Waals surface area contributed by atoms with Crippen LogP contribution in [0.4, 0.5) is 0 Å². The molecule has 1 aliphatic rings. The highest BCUT2D eigenvalue weighted by atomic mass is 16.3. The number of rotatable bonds is 2. The van der Waals surface area contributed by atoms with Gasteiger partial charge in [0.1, 0.15) is 0 Å². The first kappa shape index (κ1) is 8.02. The van der Waals surface area contributed by atoms with Gasteiger partial charge >= 0.3 is 0 Å². The van der Waals surface area contributed by atoms with Crippen LogP contribution in [0.3, 0.4) is 0 Å². The van der Waals surface area contributed by atoms with Gasteiger partial charge in [0, 0.05) is 18.6 Å². The molecule has 60 valence electrons. The lowest BCUT2D eigenvalue weighted by Crippen LogP contribution is -2.50. The van der Waals surface area contributed by atoms with Crippen LogP contribution in [0.2, 0.25) is 0 Å². The minimum atomic E-state index is 0.0729. The largest absolute Gasteiger partial charge is 0.396 e. The van der Waals surface area contributed by atoms with Gasteiger partial charge in [-0.05, 0) is 18.3 Å². The second-order valence-electron chi connectivity index (χ2n) is 4.38. The molecule has 1 fully saturated rings. The summed E-state index contributed by atoms with van der Waals surface area (Å²) in [5.74, 6) is 0. The fourth-order valence-electron chi connectivity index (χ4n) is 2.30. The van der Waals surface area contributed by atoms with Gasteiger partial charge in [-0.15, -0.1) is 0 Å². The van der Waals surface area contributed by atoms with E-state index in [0.717, 1.165) is 12.8 Å². The Bertz CT molecular complexity index is 117. The molecule has 2 nitrogen and oxygen atoms in total. The number of aliphatic hydroxyl groups is 1. The van der Waals surface area contributed by atoms with Crippen molar-refractivity contribution in [2.24, 2.45) is 16.6 Å². The maximum absolute atomic E-state index is 8.99. The fraction of sp³-hybridized carbons (Fsp3) is 1.00. The molecule has 1 saturated carbocycles. The first-order valence-electron chi connectivity index (χ1n) is 3.85. The zero-order valence-electron chi connectivity index (χ0n) is 6.85. The molecule has 0 aromatic carbocycles. The quantitative estimate of drug-likeness (QED) is 0.599. The molecule has 0 spiro atoms. The average Bonchev–Trinajstić information content (AvgIpc) is 1.82. The Morgan fingerprint density at radius 1 is 1.40 bits per heavy atom. The standard InChI is InChI=1S/C8H17NO/c1-7(2)3-8(4-7,5-9)6-10/h10H,3-6,9H2,1-2H3. The third-order valence-corrected chi connectivity index (χ3v) is 2.48. The van der Waals surface area contributed by atoms with Gasteiger partial charge in [0.15, 0.2) is 0 Å². The molecule has 0 radical (unpaired) electrons. The number of hydrogen-bond donors (Lipinski definition) is 2. The highest BCUT2D eigenvalue weighted by Gasteiger charge is 2.47. The molecule has 0 heterocycles. The molecule has 10 heavy (non-hydrogen) atoms. The van der Waals surface area contributed by atoms with E-state index in [1.54, 1.807) is 0 Å². The molecule has 1 rings (SSSR count).